The number of nitrogens with one attached hydrogen (secondary N) is 1. The van der Waals surface area contributed by atoms with Gasteiger partial charge in [-0.1, -0.05) is 43.2 Å². The third-order valence-electron chi connectivity index (χ3n) is 5.53. The summed E-state index contributed by atoms with van der Waals surface area (Å²) in [5, 5.41) is 12.4. The smallest absolute Gasteiger partial charge is 0.240 e. The second kappa shape index (κ2) is 8.46. The summed E-state index contributed by atoms with van der Waals surface area (Å²) < 4.78 is 0. The van der Waals surface area contributed by atoms with Gasteiger partial charge in [0.2, 0.25) is 5.91 Å². The van der Waals surface area contributed by atoms with Crippen molar-refractivity contribution in [3.05, 3.63) is 35.9 Å². The van der Waals surface area contributed by atoms with E-state index in [4.69, 9.17) is 0 Å². The first kappa shape index (κ1) is 17.9. The Balaban J connectivity index is 1.35. The summed E-state index contributed by atoms with van der Waals surface area (Å²) >= 11 is 0. The van der Waals surface area contributed by atoms with Crippen molar-refractivity contribution >= 4 is 5.91 Å². The van der Waals surface area contributed by atoms with Crippen molar-refractivity contribution < 1.29 is 4.79 Å². The lowest BCUT2D eigenvalue weighted by Gasteiger charge is -2.34. The maximum Gasteiger partial charge on any atom is 0.240 e. The van der Waals surface area contributed by atoms with E-state index < -0.39 is 5.41 Å². The summed E-state index contributed by atoms with van der Waals surface area (Å²) in [6.07, 6.45) is 3.41. The highest BCUT2D eigenvalue weighted by Gasteiger charge is 2.41. The van der Waals surface area contributed by atoms with E-state index >= 15 is 0 Å². The lowest BCUT2D eigenvalue weighted by Crippen LogP contribution is -2.49. The molecule has 2 fully saturated rings. The molecule has 134 valence electrons. The van der Waals surface area contributed by atoms with Gasteiger partial charge >= 0.3 is 0 Å². The predicted molar refractivity (Wildman–Crippen MR) is 97.7 cm³/mol. The zero-order chi connectivity index (χ0) is 17.5. The normalized spacial score (nSPS) is 20.9. The minimum atomic E-state index is -0.756. The standard InChI is InChI=1S/C20H28N4O/c21-17-20(8-4-5-9-20)19(25)22-10-11-23-12-14-24(15-13-23)16-18-6-2-1-3-7-18/h1-3,6-7H,4-5,8-16H2,(H,22,25). The molecule has 1 aromatic rings. The molecule has 1 aliphatic carbocycles. The monoisotopic (exact) mass is 340 g/mol. The number of hydrogen-bond donors (Lipinski definition) is 1. The molecule has 25 heavy (non-hydrogen) atoms. The van der Waals surface area contributed by atoms with E-state index in [0.29, 0.717) is 19.4 Å². The van der Waals surface area contributed by atoms with Gasteiger partial charge in [0.25, 0.3) is 0 Å². The molecule has 0 bridgehead atoms. The molecule has 1 saturated carbocycles. The molecule has 0 aromatic heterocycles. The van der Waals surface area contributed by atoms with Crippen molar-refractivity contribution in [2.75, 3.05) is 39.3 Å². The lowest BCUT2D eigenvalue weighted by atomic mass is 9.87. The van der Waals surface area contributed by atoms with E-state index in [9.17, 15) is 10.1 Å². The molecule has 1 aromatic carbocycles. The Kier molecular flexibility index (Phi) is 6.06. The second-order valence-corrected chi connectivity index (χ2v) is 7.26. The number of rotatable bonds is 6. The number of amides is 1. The van der Waals surface area contributed by atoms with Gasteiger partial charge in [0.05, 0.1) is 6.07 Å². The van der Waals surface area contributed by atoms with Crippen LogP contribution in [0.5, 0.6) is 0 Å². The van der Waals surface area contributed by atoms with E-state index in [1.807, 2.05) is 0 Å². The topological polar surface area (TPSA) is 59.4 Å². The van der Waals surface area contributed by atoms with Crippen LogP contribution in [0.4, 0.5) is 0 Å². The van der Waals surface area contributed by atoms with E-state index in [-0.39, 0.29) is 5.91 Å². The number of hydrogen-bond acceptors (Lipinski definition) is 4. The van der Waals surface area contributed by atoms with Crippen LogP contribution in [0.25, 0.3) is 0 Å². The first-order chi connectivity index (χ1) is 12.2. The predicted octanol–water partition coefficient (Wildman–Crippen LogP) is 2.00. The van der Waals surface area contributed by atoms with Crippen LogP contribution in [0.3, 0.4) is 0 Å². The van der Waals surface area contributed by atoms with Crippen LogP contribution in [-0.4, -0.2) is 55.0 Å². The highest BCUT2D eigenvalue weighted by Crippen LogP contribution is 2.37. The Morgan fingerprint density at radius 2 is 1.72 bits per heavy atom. The molecule has 1 saturated heterocycles. The largest absolute Gasteiger partial charge is 0.353 e. The fourth-order valence-corrected chi connectivity index (χ4v) is 3.88. The summed E-state index contributed by atoms with van der Waals surface area (Å²) in [6, 6.07) is 12.8. The van der Waals surface area contributed by atoms with E-state index in [1.54, 1.807) is 0 Å². The molecule has 5 nitrogen and oxygen atoms in total. The average molecular weight is 340 g/mol. The number of benzene rings is 1. The van der Waals surface area contributed by atoms with Gasteiger partial charge in [-0.25, -0.2) is 0 Å². The van der Waals surface area contributed by atoms with Crippen molar-refractivity contribution in [3.63, 3.8) is 0 Å². The van der Waals surface area contributed by atoms with Gasteiger partial charge in [0.15, 0.2) is 0 Å². The Hall–Kier alpha value is -1.90. The van der Waals surface area contributed by atoms with Gasteiger partial charge in [-0.2, -0.15) is 5.26 Å². The van der Waals surface area contributed by atoms with Crippen LogP contribution >= 0.6 is 0 Å². The summed E-state index contributed by atoms with van der Waals surface area (Å²) in [4.78, 5) is 17.2. The minimum absolute atomic E-state index is 0.0600. The summed E-state index contributed by atoms with van der Waals surface area (Å²) in [6.45, 7) is 6.71. The van der Waals surface area contributed by atoms with Gasteiger partial charge in [0.1, 0.15) is 5.41 Å². The van der Waals surface area contributed by atoms with Crippen molar-refractivity contribution in [1.82, 2.24) is 15.1 Å². The van der Waals surface area contributed by atoms with Crippen LogP contribution in [0.1, 0.15) is 31.2 Å². The quantitative estimate of drug-likeness (QED) is 0.860. The van der Waals surface area contributed by atoms with Crippen LogP contribution in [0.2, 0.25) is 0 Å². The van der Waals surface area contributed by atoms with Crippen molar-refractivity contribution in [1.29, 1.82) is 5.26 Å². The van der Waals surface area contributed by atoms with Gasteiger partial charge < -0.3 is 5.32 Å². The number of carbonyl (C=O) groups is 1. The van der Waals surface area contributed by atoms with Gasteiger partial charge in [-0.15, -0.1) is 0 Å². The van der Waals surface area contributed by atoms with Crippen LogP contribution in [0, 0.1) is 16.7 Å². The van der Waals surface area contributed by atoms with E-state index in [2.05, 4.69) is 51.5 Å². The third-order valence-corrected chi connectivity index (χ3v) is 5.53. The first-order valence-electron chi connectivity index (χ1n) is 9.40. The zero-order valence-electron chi connectivity index (χ0n) is 14.9. The Morgan fingerprint density at radius 1 is 1.08 bits per heavy atom. The number of nitriles is 1. The number of piperazine rings is 1. The Labute approximate surface area is 150 Å². The fourth-order valence-electron chi connectivity index (χ4n) is 3.88. The molecule has 0 radical (unpaired) electrons. The fraction of sp³-hybridized carbons (Fsp3) is 0.600. The Morgan fingerprint density at radius 3 is 2.36 bits per heavy atom. The van der Waals surface area contributed by atoms with Crippen molar-refractivity contribution in [2.45, 2.75) is 32.2 Å². The zero-order valence-corrected chi connectivity index (χ0v) is 14.9. The average Bonchev–Trinajstić information content (AvgIpc) is 3.14. The summed E-state index contributed by atoms with van der Waals surface area (Å²) in [5.74, 6) is -0.0600. The highest BCUT2D eigenvalue weighted by molar-refractivity contribution is 5.85. The lowest BCUT2D eigenvalue weighted by molar-refractivity contribution is -0.128. The first-order valence-corrected chi connectivity index (χ1v) is 9.40. The molecule has 1 aliphatic heterocycles. The molecule has 1 amide bonds. The van der Waals surface area contributed by atoms with Crippen LogP contribution in [0.15, 0.2) is 30.3 Å². The molecular formula is C20H28N4O. The van der Waals surface area contributed by atoms with E-state index in [1.165, 1.54) is 5.56 Å². The van der Waals surface area contributed by atoms with Gasteiger partial charge in [-0.3, -0.25) is 14.6 Å². The second-order valence-electron chi connectivity index (χ2n) is 7.26. The maximum atomic E-state index is 12.3. The third kappa shape index (κ3) is 4.59. The number of nitrogens with zero attached hydrogens (tertiary/aromatic N) is 3. The van der Waals surface area contributed by atoms with E-state index in [0.717, 1.165) is 52.1 Å². The molecular weight excluding hydrogens is 312 g/mol. The Bertz CT molecular complexity index is 596. The SMILES string of the molecule is N#CC1(C(=O)NCCN2CCN(Cc3ccccc3)CC2)CCCC1. The van der Waals surface area contributed by atoms with Crippen molar-refractivity contribution in [2.24, 2.45) is 5.41 Å². The number of carbonyl (C=O) groups excluding carboxylic acids is 1. The minimum Gasteiger partial charge on any atom is -0.353 e. The van der Waals surface area contributed by atoms with Crippen LogP contribution in [-0.2, 0) is 11.3 Å². The molecule has 0 atom stereocenters. The van der Waals surface area contributed by atoms with Gasteiger partial charge in [0, 0.05) is 45.8 Å². The highest BCUT2D eigenvalue weighted by atomic mass is 16.2. The molecule has 1 heterocycles. The molecule has 0 unspecified atom stereocenters. The van der Waals surface area contributed by atoms with Gasteiger partial charge in [-0.05, 0) is 18.4 Å². The summed E-state index contributed by atoms with van der Waals surface area (Å²) in [7, 11) is 0. The molecule has 1 N–H and O–H groups in total. The molecule has 5 heteroatoms. The maximum absolute atomic E-state index is 12.3. The van der Waals surface area contributed by atoms with Crippen molar-refractivity contribution in [3.8, 4) is 6.07 Å². The molecule has 0 spiro atoms. The van der Waals surface area contributed by atoms with Crippen LogP contribution < -0.4 is 5.32 Å². The molecule has 3 rings (SSSR count). The molecule has 2 aliphatic rings. The summed E-state index contributed by atoms with van der Waals surface area (Å²) in [5.41, 5.74) is 0.607.